The standard InChI is InChI=1S/C16H16N2O5S/c1-3-22-12-6-4-5-11(9-12)17-24(20,21)13-7-8-14-15(10-13)23-16(19)18(14)2/h4-10,17H,3H2,1-2H3. The molecule has 0 radical (unpaired) electrons. The smallest absolute Gasteiger partial charge is 0.419 e. The zero-order valence-corrected chi connectivity index (χ0v) is 14.0. The fraction of sp³-hybridized carbons (Fsp3) is 0.188. The quantitative estimate of drug-likeness (QED) is 0.764. The lowest BCUT2D eigenvalue weighted by atomic mass is 10.3. The van der Waals surface area contributed by atoms with Gasteiger partial charge < -0.3 is 9.15 Å². The van der Waals surface area contributed by atoms with Gasteiger partial charge in [-0.25, -0.2) is 13.2 Å². The first-order valence-corrected chi connectivity index (χ1v) is 8.74. The zero-order chi connectivity index (χ0) is 17.3. The van der Waals surface area contributed by atoms with Crippen LogP contribution in [0.25, 0.3) is 11.1 Å². The molecule has 126 valence electrons. The van der Waals surface area contributed by atoms with Crippen LogP contribution in [0.2, 0.25) is 0 Å². The van der Waals surface area contributed by atoms with Gasteiger partial charge in [-0.1, -0.05) is 6.07 Å². The summed E-state index contributed by atoms with van der Waals surface area (Å²) >= 11 is 0. The van der Waals surface area contributed by atoms with Gasteiger partial charge in [-0.15, -0.1) is 0 Å². The van der Waals surface area contributed by atoms with Crippen LogP contribution in [0, 0.1) is 0 Å². The maximum absolute atomic E-state index is 12.5. The summed E-state index contributed by atoms with van der Waals surface area (Å²) in [6.45, 7) is 2.33. The molecule has 1 heterocycles. The molecule has 0 amide bonds. The number of hydrogen-bond acceptors (Lipinski definition) is 5. The van der Waals surface area contributed by atoms with E-state index in [1.807, 2.05) is 6.92 Å². The number of anilines is 1. The third-order valence-corrected chi connectivity index (χ3v) is 4.85. The summed E-state index contributed by atoms with van der Waals surface area (Å²) in [6.07, 6.45) is 0. The fourth-order valence-electron chi connectivity index (χ4n) is 2.31. The van der Waals surface area contributed by atoms with Gasteiger partial charge in [0.1, 0.15) is 5.75 Å². The molecule has 1 N–H and O–H groups in total. The van der Waals surface area contributed by atoms with E-state index in [2.05, 4.69) is 4.72 Å². The van der Waals surface area contributed by atoms with E-state index < -0.39 is 15.8 Å². The van der Waals surface area contributed by atoms with Gasteiger partial charge in [0.05, 0.1) is 22.7 Å². The summed E-state index contributed by atoms with van der Waals surface area (Å²) in [6, 6.07) is 10.9. The Bertz CT molecular complexity index is 1050. The Labute approximate surface area is 138 Å². The Morgan fingerprint density at radius 2 is 2.00 bits per heavy atom. The highest BCUT2D eigenvalue weighted by Gasteiger charge is 2.17. The van der Waals surface area contributed by atoms with Crippen molar-refractivity contribution in [2.75, 3.05) is 11.3 Å². The molecule has 0 unspecified atom stereocenters. The first-order valence-electron chi connectivity index (χ1n) is 7.26. The number of nitrogens with zero attached hydrogens (tertiary/aromatic N) is 1. The first kappa shape index (κ1) is 16.1. The van der Waals surface area contributed by atoms with Crippen molar-refractivity contribution in [2.45, 2.75) is 11.8 Å². The molecule has 0 aliphatic carbocycles. The third-order valence-electron chi connectivity index (χ3n) is 3.47. The monoisotopic (exact) mass is 348 g/mol. The van der Waals surface area contributed by atoms with Gasteiger partial charge in [0.2, 0.25) is 0 Å². The van der Waals surface area contributed by atoms with Crippen LogP contribution in [0.3, 0.4) is 0 Å². The SMILES string of the molecule is CCOc1cccc(NS(=O)(=O)c2ccc3c(c2)oc(=O)n3C)c1. The molecule has 0 bridgehead atoms. The summed E-state index contributed by atoms with van der Waals surface area (Å²) in [5.74, 6) is 0.0270. The second-order valence-electron chi connectivity index (χ2n) is 5.12. The predicted octanol–water partition coefficient (Wildman–Crippen LogP) is 2.33. The summed E-state index contributed by atoms with van der Waals surface area (Å²) in [5.41, 5.74) is 1.13. The number of benzene rings is 2. The molecule has 1 aromatic heterocycles. The van der Waals surface area contributed by atoms with Crippen LogP contribution in [-0.4, -0.2) is 19.6 Å². The van der Waals surface area contributed by atoms with E-state index in [1.165, 1.54) is 22.8 Å². The summed E-state index contributed by atoms with van der Waals surface area (Å²) < 4.78 is 39.2. The minimum atomic E-state index is -3.82. The lowest BCUT2D eigenvalue weighted by Crippen LogP contribution is -2.13. The van der Waals surface area contributed by atoms with Crippen LogP contribution in [0.4, 0.5) is 5.69 Å². The van der Waals surface area contributed by atoms with Crippen LogP contribution in [0.5, 0.6) is 5.75 Å². The average molecular weight is 348 g/mol. The highest BCUT2D eigenvalue weighted by Crippen LogP contribution is 2.23. The van der Waals surface area contributed by atoms with E-state index in [0.29, 0.717) is 23.6 Å². The van der Waals surface area contributed by atoms with Gasteiger partial charge in [0.25, 0.3) is 10.0 Å². The number of oxazole rings is 1. The van der Waals surface area contributed by atoms with Crippen molar-refractivity contribution in [1.29, 1.82) is 0 Å². The highest BCUT2D eigenvalue weighted by atomic mass is 32.2. The maximum Gasteiger partial charge on any atom is 0.419 e. The molecule has 0 spiro atoms. The van der Waals surface area contributed by atoms with Crippen molar-refractivity contribution in [3.05, 3.63) is 53.0 Å². The summed E-state index contributed by atoms with van der Waals surface area (Å²) in [7, 11) is -2.26. The van der Waals surface area contributed by atoms with Gasteiger partial charge in [0, 0.05) is 19.2 Å². The van der Waals surface area contributed by atoms with Crippen LogP contribution in [-0.2, 0) is 17.1 Å². The number of aromatic nitrogens is 1. The largest absolute Gasteiger partial charge is 0.494 e. The fourth-order valence-corrected chi connectivity index (χ4v) is 3.38. The van der Waals surface area contributed by atoms with Crippen molar-refractivity contribution >= 4 is 26.8 Å². The van der Waals surface area contributed by atoms with Crippen molar-refractivity contribution in [3.63, 3.8) is 0 Å². The lowest BCUT2D eigenvalue weighted by Gasteiger charge is -2.10. The molecule has 2 aromatic carbocycles. The van der Waals surface area contributed by atoms with Crippen molar-refractivity contribution < 1.29 is 17.6 Å². The first-order chi connectivity index (χ1) is 11.4. The zero-order valence-electron chi connectivity index (χ0n) is 13.1. The van der Waals surface area contributed by atoms with Gasteiger partial charge in [-0.3, -0.25) is 9.29 Å². The minimum absolute atomic E-state index is 0.00571. The molecule has 0 atom stereocenters. The van der Waals surface area contributed by atoms with Crippen molar-refractivity contribution in [3.8, 4) is 5.75 Å². The second kappa shape index (κ2) is 6.04. The average Bonchev–Trinajstić information content (AvgIpc) is 2.82. The number of sulfonamides is 1. The maximum atomic E-state index is 12.5. The lowest BCUT2D eigenvalue weighted by molar-refractivity contribution is 0.340. The molecule has 7 nitrogen and oxygen atoms in total. The highest BCUT2D eigenvalue weighted by molar-refractivity contribution is 7.92. The number of rotatable bonds is 5. The molecule has 24 heavy (non-hydrogen) atoms. The van der Waals surface area contributed by atoms with E-state index in [4.69, 9.17) is 9.15 Å². The Hall–Kier alpha value is -2.74. The van der Waals surface area contributed by atoms with E-state index >= 15 is 0 Å². The summed E-state index contributed by atoms with van der Waals surface area (Å²) in [5, 5.41) is 0. The second-order valence-corrected chi connectivity index (χ2v) is 6.81. The van der Waals surface area contributed by atoms with E-state index in [1.54, 1.807) is 31.3 Å². The predicted molar refractivity (Wildman–Crippen MR) is 89.9 cm³/mol. The number of nitrogens with one attached hydrogen (secondary N) is 1. The molecule has 3 aromatic rings. The number of fused-ring (bicyclic) bond motifs is 1. The molecule has 0 aliphatic rings. The topological polar surface area (TPSA) is 90.5 Å². The molecule has 0 saturated heterocycles. The van der Waals surface area contributed by atoms with Crippen LogP contribution in [0.1, 0.15) is 6.92 Å². The number of ether oxygens (including phenoxy) is 1. The van der Waals surface area contributed by atoms with E-state index in [0.717, 1.165) is 0 Å². The Morgan fingerprint density at radius 3 is 2.75 bits per heavy atom. The summed E-state index contributed by atoms with van der Waals surface area (Å²) in [4.78, 5) is 11.5. The Kier molecular flexibility index (Phi) is 4.06. The number of aryl methyl sites for hydroxylation is 1. The molecule has 0 fully saturated rings. The third kappa shape index (κ3) is 3.00. The Balaban J connectivity index is 1.95. The van der Waals surface area contributed by atoms with Gasteiger partial charge in [0.15, 0.2) is 5.58 Å². The van der Waals surface area contributed by atoms with Crippen molar-refractivity contribution in [2.24, 2.45) is 7.05 Å². The molecular weight excluding hydrogens is 332 g/mol. The minimum Gasteiger partial charge on any atom is -0.494 e. The Morgan fingerprint density at radius 1 is 1.21 bits per heavy atom. The normalized spacial score (nSPS) is 11.6. The molecule has 0 aliphatic heterocycles. The van der Waals surface area contributed by atoms with Gasteiger partial charge >= 0.3 is 5.76 Å². The van der Waals surface area contributed by atoms with Gasteiger partial charge in [-0.2, -0.15) is 0 Å². The van der Waals surface area contributed by atoms with E-state index in [-0.39, 0.29) is 10.5 Å². The van der Waals surface area contributed by atoms with Crippen molar-refractivity contribution in [1.82, 2.24) is 4.57 Å². The van der Waals surface area contributed by atoms with Gasteiger partial charge in [-0.05, 0) is 31.2 Å². The molecule has 0 saturated carbocycles. The van der Waals surface area contributed by atoms with E-state index in [9.17, 15) is 13.2 Å². The van der Waals surface area contributed by atoms with Crippen LogP contribution >= 0.6 is 0 Å². The molecular formula is C16H16N2O5S. The molecule has 8 heteroatoms. The number of hydrogen-bond donors (Lipinski definition) is 1. The molecule has 3 rings (SSSR count). The van der Waals surface area contributed by atoms with Crippen LogP contribution in [0.15, 0.2) is 56.6 Å². The van der Waals surface area contributed by atoms with Crippen LogP contribution < -0.4 is 15.2 Å².